The van der Waals surface area contributed by atoms with Crippen molar-refractivity contribution in [3.63, 3.8) is 0 Å². The quantitative estimate of drug-likeness (QED) is 0.887. The summed E-state index contributed by atoms with van der Waals surface area (Å²) >= 11 is 6.78. The molecule has 2 heterocycles. The van der Waals surface area contributed by atoms with Crippen LogP contribution in [0, 0.1) is 13.8 Å². The normalized spacial score (nSPS) is 11.9. The Kier molecular flexibility index (Phi) is 4.29. The van der Waals surface area contributed by atoms with Gasteiger partial charge in [0, 0.05) is 12.2 Å². The van der Waals surface area contributed by atoms with Crippen LogP contribution in [0.1, 0.15) is 17.0 Å². The zero-order valence-corrected chi connectivity index (χ0v) is 12.9. The van der Waals surface area contributed by atoms with Crippen LogP contribution >= 0.6 is 22.9 Å². The van der Waals surface area contributed by atoms with E-state index in [1.54, 1.807) is 6.07 Å². The average Bonchev–Trinajstić information content (AvgIpc) is 2.90. The van der Waals surface area contributed by atoms with Crippen molar-refractivity contribution in [2.24, 2.45) is 0 Å². The third-order valence-corrected chi connectivity index (χ3v) is 5.95. The van der Waals surface area contributed by atoms with E-state index >= 15 is 0 Å². The summed E-state index contributed by atoms with van der Waals surface area (Å²) in [6.45, 7) is 4.15. The molecule has 0 aliphatic heterocycles. The van der Waals surface area contributed by atoms with Gasteiger partial charge in [0.1, 0.15) is 4.21 Å². The summed E-state index contributed by atoms with van der Waals surface area (Å²) in [5.41, 5.74) is 2.92. The van der Waals surface area contributed by atoms with Crippen LogP contribution in [-0.2, 0) is 16.4 Å². The number of thiophene rings is 1. The predicted molar refractivity (Wildman–Crippen MR) is 76.3 cm³/mol. The second kappa shape index (κ2) is 5.62. The van der Waals surface area contributed by atoms with Crippen LogP contribution in [0.5, 0.6) is 0 Å². The zero-order chi connectivity index (χ0) is 14.0. The first kappa shape index (κ1) is 14.5. The van der Waals surface area contributed by atoms with Gasteiger partial charge in [0.15, 0.2) is 0 Å². The maximum absolute atomic E-state index is 12.0. The number of nitrogens with zero attached hydrogens (tertiary/aromatic N) is 1. The minimum Gasteiger partial charge on any atom is -0.282 e. The molecule has 8 heteroatoms. The number of rotatable bonds is 5. The summed E-state index contributed by atoms with van der Waals surface area (Å²) < 4.78 is 27.2. The Balaban J connectivity index is 2.00. The topological polar surface area (TPSA) is 74.8 Å². The lowest BCUT2D eigenvalue weighted by molar-refractivity contribution is 0.583. The summed E-state index contributed by atoms with van der Waals surface area (Å²) in [6, 6.07) is 3.08. The molecule has 0 spiro atoms. The highest BCUT2D eigenvalue weighted by atomic mass is 35.5. The van der Waals surface area contributed by atoms with Crippen molar-refractivity contribution in [1.29, 1.82) is 0 Å². The minimum absolute atomic E-state index is 0.234. The standard InChI is InChI=1S/C11H14ClN3O2S2/c1-7-9(8(2)15-14-7)5-6-13-19(16,17)11-4-3-10(12)18-11/h3-4,13H,5-6H2,1-2H3,(H,14,15). The van der Waals surface area contributed by atoms with E-state index in [-0.39, 0.29) is 4.21 Å². The maximum atomic E-state index is 12.0. The summed E-state index contributed by atoms with van der Waals surface area (Å²) in [5, 5.41) is 6.95. The van der Waals surface area contributed by atoms with E-state index in [0.717, 1.165) is 28.3 Å². The van der Waals surface area contributed by atoms with Crippen LogP contribution in [0.3, 0.4) is 0 Å². The Labute approximate surface area is 121 Å². The molecule has 2 N–H and O–H groups in total. The van der Waals surface area contributed by atoms with Crippen molar-refractivity contribution in [3.05, 3.63) is 33.4 Å². The first-order chi connectivity index (χ1) is 8.90. The van der Waals surface area contributed by atoms with Gasteiger partial charge in [-0.25, -0.2) is 13.1 Å². The van der Waals surface area contributed by atoms with Crippen molar-refractivity contribution in [1.82, 2.24) is 14.9 Å². The summed E-state index contributed by atoms with van der Waals surface area (Å²) in [7, 11) is -3.46. The molecule has 0 radical (unpaired) electrons. The van der Waals surface area contributed by atoms with Crippen LogP contribution in [0.25, 0.3) is 0 Å². The number of H-pyrrole nitrogens is 1. The van der Waals surface area contributed by atoms with Gasteiger partial charge < -0.3 is 0 Å². The number of aryl methyl sites for hydroxylation is 2. The van der Waals surface area contributed by atoms with Gasteiger partial charge in [0.05, 0.1) is 10.0 Å². The molecule has 104 valence electrons. The molecular formula is C11H14ClN3O2S2. The summed E-state index contributed by atoms with van der Waals surface area (Å²) in [4.78, 5) is 0. The summed E-state index contributed by atoms with van der Waals surface area (Å²) in [5.74, 6) is 0. The first-order valence-corrected chi connectivity index (χ1v) is 8.33. The van der Waals surface area contributed by atoms with Gasteiger partial charge in [-0.15, -0.1) is 11.3 Å². The minimum atomic E-state index is -3.46. The van der Waals surface area contributed by atoms with Gasteiger partial charge in [-0.05, 0) is 38.0 Å². The van der Waals surface area contributed by atoms with Gasteiger partial charge in [0.25, 0.3) is 0 Å². The van der Waals surface area contributed by atoms with E-state index in [9.17, 15) is 8.42 Å². The van der Waals surface area contributed by atoms with Crippen molar-refractivity contribution in [2.45, 2.75) is 24.5 Å². The lowest BCUT2D eigenvalue weighted by Gasteiger charge is -2.05. The van der Waals surface area contributed by atoms with Crippen LogP contribution in [0.15, 0.2) is 16.3 Å². The molecule has 2 aromatic heterocycles. The molecule has 19 heavy (non-hydrogen) atoms. The smallest absolute Gasteiger partial charge is 0.250 e. The largest absolute Gasteiger partial charge is 0.282 e. The Morgan fingerprint density at radius 3 is 2.68 bits per heavy atom. The van der Waals surface area contributed by atoms with Gasteiger partial charge in [-0.2, -0.15) is 5.10 Å². The third-order valence-electron chi connectivity index (χ3n) is 2.76. The zero-order valence-electron chi connectivity index (χ0n) is 10.5. The first-order valence-electron chi connectivity index (χ1n) is 5.65. The number of halogens is 1. The lowest BCUT2D eigenvalue weighted by Crippen LogP contribution is -2.25. The van der Waals surface area contributed by atoms with E-state index < -0.39 is 10.0 Å². The maximum Gasteiger partial charge on any atom is 0.250 e. The van der Waals surface area contributed by atoms with Gasteiger partial charge >= 0.3 is 0 Å². The average molecular weight is 320 g/mol. The molecule has 2 rings (SSSR count). The highest BCUT2D eigenvalue weighted by molar-refractivity contribution is 7.91. The Morgan fingerprint density at radius 2 is 2.16 bits per heavy atom. The van der Waals surface area contributed by atoms with E-state index in [1.165, 1.54) is 6.07 Å². The molecule has 0 saturated heterocycles. The molecule has 0 amide bonds. The van der Waals surface area contributed by atoms with Crippen molar-refractivity contribution < 1.29 is 8.42 Å². The van der Waals surface area contributed by atoms with E-state index in [4.69, 9.17) is 11.6 Å². The molecule has 0 saturated carbocycles. The Morgan fingerprint density at radius 1 is 1.42 bits per heavy atom. The highest BCUT2D eigenvalue weighted by Gasteiger charge is 2.16. The van der Waals surface area contributed by atoms with Crippen molar-refractivity contribution >= 4 is 33.0 Å². The third kappa shape index (κ3) is 3.36. The molecule has 0 atom stereocenters. The van der Waals surface area contributed by atoms with Gasteiger partial charge in [-0.3, -0.25) is 5.10 Å². The number of aromatic nitrogens is 2. The number of nitrogens with one attached hydrogen (secondary N) is 2. The SMILES string of the molecule is Cc1n[nH]c(C)c1CCNS(=O)(=O)c1ccc(Cl)s1. The fraction of sp³-hybridized carbons (Fsp3) is 0.364. The Bertz CT molecular complexity index is 656. The molecule has 0 unspecified atom stereocenters. The molecule has 0 aliphatic carbocycles. The fourth-order valence-electron chi connectivity index (χ4n) is 1.77. The van der Waals surface area contributed by atoms with Crippen molar-refractivity contribution in [3.8, 4) is 0 Å². The lowest BCUT2D eigenvalue weighted by atomic mass is 10.1. The van der Waals surface area contributed by atoms with Crippen molar-refractivity contribution in [2.75, 3.05) is 6.54 Å². The number of hydrogen-bond donors (Lipinski definition) is 2. The van der Waals surface area contributed by atoms with Crippen LogP contribution in [0.4, 0.5) is 0 Å². The fourth-order valence-corrected chi connectivity index (χ4v) is 4.33. The monoisotopic (exact) mass is 319 g/mol. The van der Waals surface area contributed by atoms with Gasteiger partial charge in [0.2, 0.25) is 10.0 Å². The molecule has 0 fully saturated rings. The summed E-state index contributed by atoms with van der Waals surface area (Å²) in [6.07, 6.45) is 0.604. The molecule has 0 aromatic carbocycles. The molecule has 5 nitrogen and oxygen atoms in total. The van der Waals surface area contributed by atoms with Crippen LogP contribution in [0.2, 0.25) is 4.34 Å². The van der Waals surface area contributed by atoms with Gasteiger partial charge in [-0.1, -0.05) is 11.6 Å². The predicted octanol–water partition coefficient (Wildman–Crippen LogP) is 2.26. The second-order valence-electron chi connectivity index (χ2n) is 4.12. The molecule has 0 aliphatic rings. The number of hydrogen-bond acceptors (Lipinski definition) is 4. The Hall–Kier alpha value is -0.890. The second-order valence-corrected chi connectivity index (χ2v) is 7.83. The number of aromatic amines is 1. The van der Waals surface area contributed by atoms with Crippen LogP contribution in [-0.4, -0.2) is 25.2 Å². The van der Waals surface area contributed by atoms with E-state index in [2.05, 4.69) is 14.9 Å². The van der Waals surface area contributed by atoms with E-state index in [0.29, 0.717) is 17.3 Å². The molecule has 2 aromatic rings. The van der Waals surface area contributed by atoms with Crippen LogP contribution < -0.4 is 4.72 Å². The van der Waals surface area contributed by atoms with E-state index in [1.807, 2.05) is 13.8 Å². The number of sulfonamides is 1. The molecular weight excluding hydrogens is 306 g/mol. The highest BCUT2D eigenvalue weighted by Crippen LogP contribution is 2.25. The molecule has 0 bridgehead atoms.